The highest BCUT2D eigenvalue weighted by molar-refractivity contribution is 7.92. The first-order chi connectivity index (χ1) is 8.79. The first-order valence-electron chi connectivity index (χ1n) is 5.40. The van der Waals surface area contributed by atoms with E-state index < -0.39 is 20.7 Å². The quantitative estimate of drug-likeness (QED) is 0.744. The summed E-state index contributed by atoms with van der Waals surface area (Å²) in [5.41, 5.74) is 6.57. The summed E-state index contributed by atoms with van der Waals surface area (Å²) in [5.74, 6) is -0.731. The fourth-order valence-corrected chi connectivity index (χ4v) is 2.80. The van der Waals surface area contributed by atoms with Crippen molar-refractivity contribution >= 4 is 21.5 Å². The predicted molar refractivity (Wildman–Crippen MR) is 69.7 cm³/mol. The van der Waals surface area contributed by atoms with Gasteiger partial charge < -0.3 is 5.73 Å². The van der Waals surface area contributed by atoms with E-state index in [1.807, 2.05) is 0 Å². The fraction of sp³-hybridized carbons (Fsp3) is 0.182. The second-order valence-electron chi connectivity index (χ2n) is 4.19. The molecule has 2 rings (SSSR count). The molecule has 1 aromatic heterocycles. The minimum absolute atomic E-state index is 0.0944. The molecule has 0 bridgehead atoms. The molecule has 2 aromatic rings. The molecule has 0 unspecified atom stereocenters. The van der Waals surface area contributed by atoms with E-state index in [0.717, 1.165) is 6.07 Å². The van der Waals surface area contributed by atoms with Gasteiger partial charge in [-0.2, -0.15) is 5.10 Å². The summed E-state index contributed by atoms with van der Waals surface area (Å²) in [6.45, 7) is 3.17. The molecule has 0 saturated heterocycles. The fourth-order valence-electron chi connectivity index (χ4n) is 1.62. The minimum Gasteiger partial charge on any atom is -0.399 e. The van der Waals surface area contributed by atoms with Gasteiger partial charge in [0.05, 0.1) is 0 Å². The van der Waals surface area contributed by atoms with Crippen LogP contribution in [0.2, 0.25) is 0 Å². The van der Waals surface area contributed by atoms with Crippen LogP contribution in [0.1, 0.15) is 11.3 Å². The highest BCUT2D eigenvalue weighted by atomic mass is 32.2. The summed E-state index contributed by atoms with van der Waals surface area (Å²) >= 11 is 0. The van der Waals surface area contributed by atoms with Gasteiger partial charge in [-0.15, -0.1) is 0 Å². The Morgan fingerprint density at radius 1 is 1.32 bits per heavy atom. The van der Waals surface area contributed by atoms with Crippen LogP contribution in [0.5, 0.6) is 0 Å². The largest absolute Gasteiger partial charge is 0.399 e. The van der Waals surface area contributed by atoms with E-state index in [1.54, 1.807) is 6.92 Å². The number of nitrogen functional groups attached to an aromatic ring is 1. The molecule has 0 aliphatic carbocycles. The number of sulfonamides is 1. The zero-order chi connectivity index (χ0) is 14.2. The summed E-state index contributed by atoms with van der Waals surface area (Å²) in [7, 11) is -4.06. The number of benzene rings is 1. The monoisotopic (exact) mass is 284 g/mol. The Bertz CT molecular complexity index is 724. The lowest BCUT2D eigenvalue weighted by Crippen LogP contribution is -2.16. The average Bonchev–Trinajstić information content (AvgIpc) is 2.68. The second kappa shape index (κ2) is 4.54. The molecule has 19 heavy (non-hydrogen) atoms. The van der Waals surface area contributed by atoms with Crippen molar-refractivity contribution in [2.75, 3.05) is 10.5 Å². The van der Waals surface area contributed by atoms with Crippen LogP contribution in [-0.4, -0.2) is 18.6 Å². The zero-order valence-corrected chi connectivity index (χ0v) is 11.2. The molecular weight excluding hydrogens is 271 g/mol. The molecule has 0 atom stereocenters. The number of nitrogens with one attached hydrogen (secondary N) is 2. The first-order valence-corrected chi connectivity index (χ1v) is 6.88. The number of aryl methyl sites for hydroxylation is 2. The smallest absolute Gasteiger partial charge is 0.266 e. The number of hydrogen-bond donors (Lipinski definition) is 3. The molecule has 0 radical (unpaired) electrons. The van der Waals surface area contributed by atoms with Gasteiger partial charge in [0.2, 0.25) is 0 Å². The number of nitrogens with zero attached hydrogens (tertiary/aromatic N) is 1. The Hall–Kier alpha value is -2.09. The van der Waals surface area contributed by atoms with Gasteiger partial charge in [-0.25, -0.2) is 12.8 Å². The Morgan fingerprint density at radius 3 is 2.58 bits per heavy atom. The third-order valence-electron chi connectivity index (χ3n) is 2.48. The highest BCUT2D eigenvalue weighted by Crippen LogP contribution is 2.23. The Labute approximate surface area is 109 Å². The summed E-state index contributed by atoms with van der Waals surface area (Å²) < 4.78 is 40.2. The van der Waals surface area contributed by atoms with Gasteiger partial charge in [-0.1, -0.05) is 0 Å². The maximum absolute atomic E-state index is 13.9. The summed E-state index contributed by atoms with van der Waals surface area (Å²) in [4.78, 5) is -0.495. The lowest BCUT2D eigenvalue weighted by atomic mass is 10.2. The Morgan fingerprint density at radius 2 is 2.00 bits per heavy atom. The SMILES string of the molecule is Cc1cc(NS(=O)(=O)c2cc(N)cc(C)c2F)n[nH]1. The van der Waals surface area contributed by atoms with Gasteiger partial charge in [0.1, 0.15) is 10.7 Å². The molecule has 0 amide bonds. The van der Waals surface area contributed by atoms with Crippen LogP contribution in [0.15, 0.2) is 23.1 Å². The van der Waals surface area contributed by atoms with Gasteiger partial charge >= 0.3 is 0 Å². The lowest BCUT2D eigenvalue weighted by molar-refractivity contribution is 0.565. The van der Waals surface area contributed by atoms with Crippen LogP contribution in [0.25, 0.3) is 0 Å². The van der Waals surface area contributed by atoms with E-state index in [9.17, 15) is 12.8 Å². The molecule has 6 nitrogen and oxygen atoms in total. The normalized spacial score (nSPS) is 11.5. The highest BCUT2D eigenvalue weighted by Gasteiger charge is 2.22. The molecule has 8 heteroatoms. The number of anilines is 2. The van der Waals surface area contributed by atoms with Crippen molar-refractivity contribution in [2.24, 2.45) is 0 Å². The van der Waals surface area contributed by atoms with Crippen molar-refractivity contribution in [3.05, 3.63) is 35.3 Å². The molecule has 0 saturated carbocycles. The van der Waals surface area contributed by atoms with Crippen LogP contribution >= 0.6 is 0 Å². The molecule has 1 heterocycles. The maximum atomic E-state index is 13.9. The number of aromatic nitrogens is 2. The predicted octanol–water partition coefficient (Wildman–Crippen LogP) is 1.55. The van der Waals surface area contributed by atoms with E-state index in [0.29, 0.717) is 5.69 Å². The molecule has 4 N–H and O–H groups in total. The second-order valence-corrected chi connectivity index (χ2v) is 5.84. The van der Waals surface area contributed by atoms with E-state index in [-0.39, 0.29) is 17.1 Å². The van der Waals surface area contributed by atoms with Crippen LogP contribution in [0.3, 0.4) is 0 Å². The molecular formula is C11H13FN4O2S. The van der Waals surface area contributed by atoms with Gasteiger partial charge in [0.25, 0.3) is 10.0 Å². The number of hydrogen-bond acceptors (Lipinski definition) is 4. The van der Waals surface area contributed by atoms with Crippen molar-refractivity contribution in [2.45, 2.75) is 18.7 Å². The Kier molecular flexibility index (Phi) is 3.19. The summed E-state index contributed by atoms with van der Waals surface area (Å²) in [6.07, 6.45) is 0. The summed E-state index contributed by atoms with van der Waals surface area (Å²) in [5, 5.41) is 6.32. The van der Waals surface area contributed by atoms with Crippen molar-refractivity contribution in [3.8, 4) is 0 Å². The Balaban J connectivity index is 2.45. The van der Waals surface area contributed by atoms with E-state index in [2.05, 4.69) is 14.9 Å². The maximum Gasteiger partial charge on any atom is 0.266 e. The van der Waals surface area contributed by atoms with Gasteiger partial charge in [0.15, 0.2) is 5.82 Å². The van der Waals surface area contributed by atoms with Crippen LogP contribution < -0.4 is 10.5 Å². The summed E-state index contributed by atoms with van der Waals surface area (Å²) in [6, 6.07) is 3.94. The van der Waals surface area contributed by atoms with Crippen molar-refractivity contribution < 1.29 is 12.8 Å². The van der Waals surface area contributed by atoms with E-state index in [1.165, 1.54) is 19.1 Å². The molecule has 0 spiro atoms. The molecule has 1 aromatic carbocycles. The number of rotatable bonds is 3. The van der Waals surface area contributed by atoms with E-state index in [4.69, 9.17) is 5.73 Å². The van der Waals surface area contributed by atoms with Crippen molar-refractivity contribution in [3.63, 3.8) is 0 Å². The number of aromatic amines is 1. The topological polar surface area (TPSA) is 101 Å². The number of halogens is 1. The van der Waals surface area contributed by atoms with Crippen LogP contribution in [0, 0.1) is 19.7 Å². The zero-order valence-electron chi connectivity index (χ0n) is 10.4. The third-order valence-corrected chi connectivity index (χ3v) is 3.83. The third kappa shape index (κ3) is 2.68. The lowest BCUT2D eigenvalue weighted by Gasteiger charge is -2.09. The molecule has 0 aliphatic heterocycles. The first kappa shape index (κ1) is 13.3. The van der Waals surface area contributed by atoms with Gasteiger partial charge in [-0.05, 0) is 31.5 Å². The van der Waals surface area contributed by atoms with Crippen LogP contribution in [0.4, 0.5) is 15.9 Å². The number of nitrogens with two attached hydrogens (primary N) is 1. The van der Waals surface area contributed by atoms with Crippen molar-refractivity contribution in [1.29, 1.82) is 0 Å². The van der Waals surface area contributed by atoms with E-state index >= 15 is 0 Å². The number of H-pyrrole nitrogens is 1. The molecule has 0 fully saturated rings. The molecule has 0 aliphatic rings. The average molecular weight is 284 g/mol. The van der Waals surface area contributed by atoms with Gasteiger partial charge in [0, 0.05) is 17.4 Å². The standard InChI is InChI=1S/C11H13FN4O2S/c1-6-3-8(13)5-9(11(6)12)19(17,18)16-10-4-7(2)14-15-10/h3-5H,13H2,1-2H3,(H2,14,15,16). The van der Waals surface area contributed by atoms with Crippen molar-refractivity contribution in [1.82, 2.24) is 10.2 Å². The van der Waals surface area contributed by atoms with Gasteiger partial charge in [-0.3, -0.25) is 9.82 Å². The van der Waals surface area contributed by atoms with Crippen LogP contribution in [-0.2, 0) is 10.0 Å². The molecule has 102 valence electrons. The minimum atomic E-state index is -4.06.